The highest BCUT2D eigenvalue weighted by Crippen LogP contribution is 2.38. The maximum absolute atomic E-state index is 12.6. The number of likely N-dealkylation sites (tertiary alicyclic amines) is 1. The summed E-state index contributed by atoms with van der Waals surface area (Å²) in [6.07, 6.45) is 1.60. The van der Waals surface area contributed by atoms with E-state index in [1.807, 2.05) is 4.90 Å². The van der Waals surface area contributed by atoms with Gasteiger partial charge in [-0.05, 0) is 17.3 Å². The summed E-state index contributed by atoms with van der Waals surface area (Å²) in [4.78, 5) is 25.5. The van der Waals surface area contributed by atoms with Crippen LogP contribution in [0, 0.1) is 17.3 Å². The molecule has 0 spiro atoms. The van der Waals surface area contributed by atoms with E-state index in [0.717, 1.165) is 19.6 Å². The monoisotopic (exact) mass is 319 g/mol. The summed E-state index contributed by atoms with van der Waals surface area (Å²) in [5.74, 6) is 1.20. The number of aromatic nitrogens is 2. The first kappa shape index (κ1) is 16.0. The van der Waals surface area contributed by atoms with Gasteiger partial charge in [0.2, 0.25) is 5.91 Å². The van der Waals surface area contributed by atoms with Gasteiger partial charge in [0.15, 0.2) is 5.82 Å². The second-order valence-corrected chi connectivity index (χ2v) is 7.69. The second-order valence-electron chi connectivity index (χ2n) is 7.69. The summed E-state index contributed by atoms with van der Waals surface area (Å²) in [5.41, 5.74) is 0.183. The number of rotatable bonds is 1. The number of carbonyl (C=O) groups is 2. The molecule has 3 unspecified atom stereocenters. The summed E-state index contributed by atoms with van der Waals surface area (Å²) >= 11 is 0. The van der Waals surface area contributed by atoms with Gasteiger partial charge < -0.3 is 15.5 Å². The van der Waals surface area contributed by atoms with E-state index < -0.39 is 0 Å². The molecule has 1 aromatic rings. The molecule has 3 atom stereocenters. The van der Waals surface area contributed by atoms with E-state index in [1.165, 1.54) is 11.6 Å². The van der Waals surface area contributed by atoms with Crippen molar-refractivity contribution < 1.29 is 9.59 Å². The Kier molecular flexibility index (Phi) is 3.91. The van der Waals surface area contributed by atoms with Crippen molar-refractivity contribution in [1.82, 2.24) is 20.0 Å². The zero-order valence-corrected chi connectivity index (χ0v) is 14.2. The molecule has 7 nitrogen and oxygen atoms in total. The van der Waals surface area contributed by atoms with Gasteiger partial charge in [-0.3, -0.25) is 4.79 Å². The number of fused-ring (bicyclic) bond motifs is 1. The summed E-state index contributed by atoms with van der Waals surface area (Å²) in [7, 11) is 0. The Morgan fingerprint density at radius 3 is 2.74 bits per heavy atom. The third-order valence-corrected chi connectivity index (χ3v) is 4.81. The van der Waals surface area contributed by atoms with Crippen LogP contribution in [0.15, 0.2) is 12.3 Å². The highest BCUT2D eigenvalue weighted by Gasteiger charge is 2.47. The molecule has 2 amide bonds. The molecule has 2 aliphatic rings. The van der Waals surface area contributed by atoms with Crippen LogP contribution in [0.3, 0.4) is 0 Å². The van der Waals surface area contributed by atoms with Gasteiger partial charge in [-0.1, -0.05) is 20.8 Å². The van der Waals surface area contributed by atoms with Crippen LogP contribution in [0.5, 0.6) is 0 Å². The van der Waals surface area contributed by atoms with Crippen molar-refractivity contribution in [2.75, 3.05) is 25.0 Å². The lowest BCUT2D eigenvalue weighted by Crippen LogP contribution is -2.43. The number of amides is 2. The lowest BCUT2D eigenvalue weighted by atomic mass is 9.78. The largest absolute Gasteiger partial charge is 0.344 e. The minimum atomic E-state index is -0.197. The molecule has 2 aliphatic heterocycles. The zero-order valence-electron chi connectivity index (χ0n) is 14.2. The summed E-state index contributed by atoms with van der Waals surface area (Å²) in [6.45, 7) is 10.6. The maximum atomic E-state index is 12.6. The quantitative estimate of drug-likeness (QED) is 0.819. The van der Waals surface area contributed by atoms with Crippen LogP contribution < -0.4 is 10.6 Å². The van der Waals surface area contributed by atoms with Crippen LogP contribution in [0.25, 0.3) is 0 Å². The van der Waals surface area contributed by atoms with Gasteiger partial charge in [0, 0.05) is 44.9 Å². The summed E-state index contributed by atoms with van der Waals surface area (Å²) < 4.78 is 1.31. The highest BCUT2D eigenvalue weighted by atomic mass is 16.2. The van der Waals surface area contributed by atoms with E-state index in [4.69, 9.17) is 0 Å². The van der Waals surface area contributed by atoms with Crippen molar-refractivity contribution in [3.8, 4) is 0 Å². The zero-order chi connectivity index (χ0) is 16.8. The van der Waals surface area contributed by atoms with Gasteiger partial charge in [0.25, 0.3) is 0 Å². The Hall–Kier alpha value is -1.89. The molecule has 23 heavy (non-hydrogen) atoms. The summed E-state index contributed by atoms with van der Waals surface area (Å²) in [5, 5.41) is 10.3. The molecule has 2 fully saturated rings. The van der Waals surface area contributed by atoms with Crippen LogP contribution in [0.1, 0.15) is 27.7 Å². The van der Waals surface area contributed by atoms with Crippen molar-refractivity contribution in [3.63, 3.8) is 0 Å². The average molecular weight is 319 g/mol. The Balaban J connectivity index is 1.68. The van der Waals surface area contributed by atoms with Crippen molar-refractivity contribution in [2.45, 2.75) is 33.7 Å². The number of anilines is 1. The standard InChI is InChI=1S/C16H25N5O2/c1-10(22)18-13-5-6-21(19-13)15(23)20-8-11-7-17-14(12(11)9-20)16(2,3)4/h5-6,11-12,14,17H,7-9H2,1-4H3,(H,18,19,22). The smallest absolute Gasteiger partial charge is 0.322 e. The van der Waals surface area contributed by atoms with Crippen molar-refractivity contribution in [3.05, 3.63) is 12.3 Å². The number of hydrogen-bond acceptors (Lipinski definition) is 4. The molecule has 0 aliphatic carbocycles. The first-order chi connectivity index (χ1) is 10.8. The van der Waals surface area contributed by atoms with Crippen LogP contribution in [-0.2, 0) is 4.79 Å². The molecule has 0 radical (unpaired) electrons. The first-order valence-corrected chi connectivity index (χ1v) is 8.11. The molecular weight excluding hydrogens is 294 g/mol. The predicted octanol–water partition coefficient (Wildman–Crippen LogP) is 1.38. The first-order valence-electron chi connectivity index (χ1n) is 8.11. The molecule has 126 valence electrons. The second kappa shape index (κ2) is 5.63. The molecule has 1 aromatic heterocycles. The number of nitrogens with zero attached hydrogens (tertiary/aromatic N) is 3. The van der Waals surface area contributed by atoms with Crippen molar-refractivity contribution in [2.24, 2.45) is 17.3 Å². The lowest BCUT2D eigenvalue weighted by molar-refractivity contribution is -0.114. The van der Waals surface area contributed by atoms with Crippen LogP contribution in [-0.4, -0.2) is 52.3 Å². The minimum absolute atomic E-state index is 0.122. The highest BCUT2D eigenvalue weighted by molar-refractivity contribution is 5.88. The summed E-state index contributed by atoms with van der Waals surface area (Å²) in [6, 6.07) is 1.94. The van der Waals surface area contributed by atoms with E-state index in [-0.39, 0.29) is 17.4 Å². The molecule has 0 bridgehead atoms. The lowest BCUT2D eigenvalue weighted by Gasteiger charge is -2.32. The van der Waals surface area contributed by atoms with Crippen molar-refractivity contribution >= 4 is 17.8 Å². The predicted molar refractivity (Wildman–Crippen MR) is 87.1 cm³/mol. The van der Waals surface area contributed by atoms with Crippen molar-refractivity contribution in [1.29, 1.82) is 0 Å². The van der Waals surface area contributed by atoms with E-state index >= 15 is 0 Å². The van der Waals surface area contributed by atoms with Gasteiger partial charge in [-0.2, -0.15) is 4.68 Å². The molecule has 2 saturated heterocycles. The SMILES string of the molecule is CC(=O)Nc1ccn(C(=O)N2CC3CNC(C(C)(C)C)C3C2)n1. The van der Waals surface area contributed by atoms with E-state index in [0.29, 0.717) is 23.7 Å². The number of hydrogen-bond donors (Lipinski definition) is 2. The Morgan fingerprint density at radius 2 is 2.09 bits per heavy atom. The fourth-order valence-corrected chi connectivity index (χ4v) is 3.85. The molecule has 2 N–H and O–H groups in total. The normalized spacial score (nSPS) is 27.1. The number of nitrogens with one attached hydrogen (secondary N) is 2. The molecular formula is C16H25N5O2. The van der Waals surface area contributed by atoms with Crippen LogP contribution in [0.2, 0.25) is 0 Å². The molecule has 7 heteroatoms. The maximum Gasteiger partial charge on any atom is 0.344 e. The molecule has 0 aromatic carbocycles. The number of carbonyl (C=O) groups excluding carboxylic acids is 2. The Bertz CT molecular complexity index is 618. The fourth-order valence-electron chi connectivity index (χ4n) is 3.85. The molecule has 0 saturated carbocycles. The fraction of sp³-hybridized carbons (Fsp3) is 0.688. The third-order valence-electron chi connectivity index (χ3n) is 4.81. The van der Waals surface area contributed by atoms with Gasteiger partial charge >= 0.3 is 6.03 Å². The van der Waals surface area contributed by atoms with Gasteiger partial charge in [0.05, 0.1) is 0 Å². The Labute approximate surface area is 136 Å². The van der Waals surface area contributed by atoms with Gasteiger partial charge in [0.1, 0.15) is 0 Å². The molecule has 3 heterocycles. The van der Waals surface area contributed by atoms with Crippen LogP contribution in [0.4, 0.5) is 10.6 Å². The third kappa shape index (κ3) is 3.10. The van der Waals surface area contributed by atoms with Gasteiger partial charge in [-0.25, -0.2) is 4.79 Å². The van der Waals surface area contributed by atoms with Gasteiger partial charge in [-0.15, -0.1) is 5.10 Å². The Morgan fingerprint density at radius 1 is 1.35 bits per heavy atom. The van der Waals surface area contributed by atoms with Crippen LogP contribution >= 0.6 is 0 Å². The minimum Gasteiger partial charge on any atom is -0.322 e. The van der Waals surface area contributed by atoms with E-state index in [2.05, 4.69) is 36.5 Å². The van der Waals surface area contributed by atoms with E-state index in [9.17, 15) is 9.59 Å². The topological polar surface area (TPSA) is 79.3 Å². The molecule has 3 rings (SSSR count). The average Bonchev–Trinajstić information content (AvgIpc) is 3.08. The van der Waals surface area contributed by atoms with E-state index in [1.54, 1.807) is 12.3 Å².